The standard InChI is InChI=1S/C15H26O4/c1-2-3-4-5-6-7-8-9-10-11-12-13(14(16)17)15(18)19/h11-13H,2-10H2,1H3,(H,16,17)(H,18,19)/b12-11-. The third-order valence-corrected chi connectivity index (χ3v) is 3.08. The molecule has 0 bridgehead atoms. The lowest BCUT2D eigenvalue weighted by atomic mass is 10.1. The maximum absolute atomic E-state index is 10.6. The van der Waals surface area contributed by atoms with Gasteiger partial charge in [0.25, 0.3) is 0 Å². The molecule has 0 rings (SSSR count). The van der Waals surface area contributed by atoms with Crippen LogP contribution in [0.1, 0.15) is 64.7 Å². The van der Waals surface area contributed by atoms with Gasteiger partial charge in [0.15, 0.2) is 5.92 Å². The van der Waals surface area contributed by atoms with E-state index in [9.17, 15) is 9.59 Å². The maximum atomic E-state index is 10.6. The summed E-state index contributed by atoms with van der Waals surface area (Å²) in [6, 6.07) is 0. The first kappa shape index (κ1) is 17.7. The van der Waals surface area contributed by atoms with Gasteiger partial charge in [0.2, 0.25) is 0 Å². The Morgan fingerprint density at radius 2 is 1.37 bits per heavy atom. The average molecular weight is 270 g/mol. The van der Waals surface area contributed by atoms with Gasteiger partial charge in [0.1, 0.15) is 0 Å². The van der Waals surface area contributed by atoms with Crippen molar-refractivity contribution in [2.24, 2.45) is 5.92 Å². The van der Waals surface area contributed by atoms with E-state index in [0.717, 1.165) is 19.3 Å². The zero-order valence-corrected chi connectivity index (χ0v) is 11.8. The molecule has 0 unspecified atom stereocenters. The Balaban J connectivity index is 3.52. The number of unbranched alkanes of at least 4 members (excludes halogenated alkanes) is 8. The third-order valence-electron chi connectivity index (χ3n) is 3.08. The van der Waals surface area contributed by atoms with E-state index < -0.39 is 17.9 Å². The fourth-order valence-electron chi connectivity index (χ4n) is 1.90. The van der Waals surface area contributed by atoms with E-state index in [2.05, 4.69) is 6.92 Å². The van der Waals surface area contributed by atoms with Crippen LogP contribution in [0.25, 0.3) is 0 Å². The predicted octanol–water partition coefficient (Wildman–Crippen LogP) is 3.86. The van der Waals surface area contributed by atoms with Gasteiger partial charge < -0.3 is 10.2 Å². The Labute approximate surface area is 115 Å². The Morgan fingerprint density at radius 3 is 1.84 bits per heavy atom. The van der Waals surface area contributed by atoms with E-state index in [1.165, 1.54) is 44.6 Å². The van der Waals surface area contributed by atoms with Crippen LogP contribution in [-0.2, 0) is 9.59 Å². The molecular weight excluding hydrogens is 244 g/mol. The zero-order valence-electron chi connectivity index (χ0n) is 11.8. The van der Waals surface area contributed by atoms with E-state index in [1.54, 1.807) is 6.08 Å². The second-order valence-corrected chi connectivity index (χ2v) is 4.85. The first-order valence-electron chi connectivity index (χ1n) is 7.21. The van der Waals surface area contributed by atoms with Crippen molar-refractivity contribution in [1.29, 1.82) is 0 Å². The minimum atomic E-state index is -1.41. The molecule has 0 aromatic carbocycles. The van der Waals surface area contributed by atoms with Crippen LogP contribution in [0.2, 0.25) is 0 Å². The molecule has 0 amide bonds. The number of carboxylic acid groups (broad SMARTS) is 2. The molecule has 0 fully saturated rings. The Morgan fingerprint density at radius 1 is 0.895 bits per heavy atom. The zero-order chi connectivity index (χ0) is 14.5. The molecule has 2 N–H and O–H groups in total. The van der Waals surface area contributed by atoms with E-state index in [-0.39, 0.29) is 0 Å². The number of hydrogen-bond acceptors (Lipinski definition) is 2. The minimum Gasteiger partial charge on any atom is -0.480 e. The number of carboxylic acids is 2. The molecule has 0 aromatic rings. The summed E-state index contributed by atoms with van der Waals surface area (Å²) in [7, 11) is 0. The molecular formula is C15H26O4. The molecule has 4 heteroatoms. The topological polar surface area (TPSA) is 74.6 Å². The van der Waals surface area contributed by atoms with Crippen LogP contribution in [0.3, 0.4) is 0 Å². The van der Waals surface area contributed by atoms with Gasteiger partial charge in [-0.3, -0.25) is 9.59 Å². The first-order chi connectivity index (χ1) is 9.09. The lowest BCUT2D eigenvalue weighted by Crippen LogP contribution is -2.20. The van der Waals surface area contributed by atoms with Crippen molar-refractivity contribution in [2.75, 3.05) is 0 Å². The number of allylic oxidation sites excluding steroid dienone is 1. The Hall–Kier alpha value is -1.32. The molecule has 19 heavy (non-hydrogen) atoms. The van der Waals surface area contributed by atoms with Gasteiger partial charge in [-0.1, -0.05) is 64.0 Å². The van der Waals surface area contributed by atoms with Crippen LogP contribution < -0.4 is 0 Å². The highest BCUT2D eigenvalue weighted by Crippen LogP contribution is 2.10. The summed E-state index contributed by atoms with van der Waals surface area (Å²) in [6.07, 6.45) is 13.5. The predicted molar refractivity (Wildman–Crippen MR) is 75.1 cm³/mol. The third kappa shape index (κ3) is 10.3. The molecule has 110 valence electrons. The van der Waals surface area contributed by atoms with Crippen LogP contribution in [-0.4, -0.2) is 22.2 Å². The van der Waals surface area contributed by atoms with Crippen LogP contribution in [0, 0.1) is 5.92 Å². The molecule has 4 nitrogen and oxygen atoms in total. The van der Waals surface area contributed by atoms with Crippen molar-refractivity contribution in [3.8, 4) is 0 Å². The van der Waals surface area contributed by atoms with Gasteiger partial charge in [0.05, 0.1) is 0 Å². The molecule has 0 heterocycles. The van der Waals surface area contributed by atoms with Crippen LogP contribution in [0.4, 0.5) is 0 Å². The first-order valence-corrected chi connectivity index (χ1v) is 7.21. The number of carbonyl (C=O) groups is 2. The summed E-state index contributed by atoms with van der Waals surface area (Å²) < 4.78 is 0. The molecule has 0 aliphatic carbocycles. The summed E-state index contributed by atoms with van der Waals surface area (Å²) in [5.41, 5.74) is 0. The summed E-state index contributed by atoms with van der Waals surface area (Å²) in [5, 5.41) is 17.3. The van der Waals surface area contributed by atoms with Gasteiger partial charge in [-0.2, -0.15) is 0 Å². The second-order valence-electron chi connectivity index (χ2n) is 4.85. The number of hydrogen-bond donors (Lipinski definition) is 2. The van der Waals surface area contributed by atoms with E-state index >= 15 is 0 Å². The Bertz CT molecular complexity index is 270. The molecule has 0 spiro atoms. The van der Waals surface area contributed by atoms with Crippen LogP contribution in [0.15, 0.2) is 12.2 Å². The highest BCUT2D eigenvalue weighted by atomic mass is 16.4. The summed E-state index contributed by atoms with van der Waals surface area (Å²) in [4.78, 5) is 21.2. The van der Waals surface area contributed by atoms with Gasteiger partial charge in [-0.25, -0.2) is 0 Å². The SMILES string of the molecule is CCCCCCCCCC/C=C\C(C(=O)O)C(=O)O. The number of aliphatic carboxylic acids is 2. The largest absolute Gasteiger partial charge is 0.480 e. The molecule has 0 saturated heterocycles. The van der Waals surface area contributed by atoms with Crippen LogP contribution in [0.5, 0.6) is 0 Å². The van der Waals surface area contributed by atoms with Gasteiger partial charge in [-0.15, -0.1) is 0 Å². The fourth-order valence-corrected chi connectivity index (χ4v) is 1.90. The van der Waals surface area contributed by atoms with Crippen molar-refractivity contribution < 1.29 is 19.8 Å². The van der Waals surface area contributed by atoms with Crippen molar-refractivity contribution in [3.63, 3.8) is 0 Å². The summed E-state index contributed by atoms with van der Waals surface area (Å²) >= 11 is 0. The van der Waals surface area contributed by atoms with Gasteiger partial charge in [-0.05, 0) is 12.8 Å². The van der Waals surface area contributed by atoms with E-state index in [4.69, 9.17) is 10.2 Å². The summed E-state index contributed by atoms with van der Waals surface area (Å²) in [5.74, 6) is -4.02. The van der Waals surface area contributed by atoms with Gasteiger partial charge >= 0.3 is 11.9 Å². The minimum absolute atomic E-state index is 0.756. The van der Waals surface area contributed by atoms with Crippen molar-refractivity contribution in [1.82, 2.24) is 0 Å². The van der Waals surface area contributed by atoms with Crippen molar-refractivity contribution >= 4 is 11.9 Å². The van der Waals surface area contributed by atoms with Gasteiger partial charge in [0, 0.05) is 0 Å². The highest BCUT2D eigenvalue weighted by molar-refractivity contribution is 5.94. The monoisotopic (exact) mass is 270 g/mol. The highest BCUT2D eigenvalue weighted by Gasteiger charge is 2.21. The second kappa shape index (κ2) is 11.8. The normalized spacial score (nSPS) is 11.3. The lowest BCUT2D eigenvalue weighted by Gasteiger charge is -2.01. The number of rotatable bonds is 12. The molecule has 0 saturated carbocycles. The molecule has 0 radical (unpaired) electrons. The molecule has 0 aliphatic rings. The maximum Gasteiger partial charge on any atom is 0.321 e. The smallest absolute Gasteiger partial charge is 0.321 e. The van der Waals surface area contributed by atoms with Crippen molar-refractivity contribution in [2.45, 2.75) is 64.7 Å². The lowest BCUT2D eigenvalue weighted by molar-refractivity contribution is -0.151. The Kier molecular flexibility index (Phi) is 10.9. The van der Waals surface area contributed by atoms with E-state index in [1.807, 2.05) is 0 Å². The molecule has 0 aliphatic heterocycles. The summed E-state index contributed by atoms with van der Waals surface area (Å²) in [6.45, 7) is 2.20. The molecule has 0 atom stereocenters. The van der Waals surface area contributed by atoms with E-state index in [0.29, 0.717) is 0 Å². The van der Waals surface area contributed by atoms with Crippen molar-refractivity contribution in [3.05, 3.63) is 12.2 Å². The quantitative estimate of drug-likeness (QED) is 0.321. The molecule has 0 aromatic heterocycles. The average Bonchev–Trinajstić information content (AvgIpc) is 2.35. The van der Waals surface area contributed by atoms with Crippen LogP contribution >= 0.6 is 0 Å². The fraction of sp³-hybridized carbons (Fsp3) is 0.733.